The molecule has 1 saturated heterocycles. The van der Waals surface area contributed by atoms with Crippen LogP contribution in [0.15, 0.2) is 0 Å². The van der Waals surface area contributed by atoms with E-state index in [-0.39, 0.29) is 5.91 Å². The Morgan fingerprint density at radius 1 is 1.17 bits per heavy atom. The Balaban J connectivity index is 2.21. The molecule has 2 unspecified atom stereocenters. The Labute approximate surface area is 109 Å². The van der Waals surface area contributed by atoms with Crippen LogP contribution >= 0.6 is 0 Å². The first-order chi connectivity index (χ1) is 8.52. The van der Waals surface area contributed by atoms with Gasteiger partial charge in [-0.3, -0.25) is 9.59 Å². The van der Waals surface area contributed by atoms with Gasteiger partial charge in [-0.25, -0.2) is 0 Å². The zero-order valence-electron chi connectivity index (χ0n) is 11.3. The summed E-state index contributed by atoms with van der Waals surface area (Å²) in [7, 11) is 0. The predicted octanol–water partition coefficient (Wildman–Crippen LogP) is 0.945. The van der Waals surface area contributed by atoms with Crippen molar-refractivity contribution in [2.24, 2.45) is 11.8 Å². The first-order valence-corrected chi connectivity index (χ1v) is 6.75. The standard InChI is InChI=1S/C13H24N2O3/c1-10(11(2)13(17)18)12(16)14-6-9-15-7-4-3-5-8-15/h10-11H,3-9H2,1-2H3,(H,14,16)(H,17,18). The van der Waals surface area contributed by atoms with Crippen LogP contribution in [0.5, 0.6) is 0 Å². The number of aliphatic carboxylic acids is 1. The summed E-state index contributed by atoms with van der Waals surface area (Å²) in [5.41, 5.74) is 0. The molecule has 1 fully saturated rings. The van der Waals surface area contributed by atoms with Gasteiger partial charge in [-0.1, -0.05) is 20.3 Å². The van der Waals surface area contributed by atoms with E-state index in [1.54, 1.807) is 13.8 Å². The highest BCUT2D eigenvalue weighted by atomic mass is 16.4. The van der Waals surface area contributed by atoms with Crippen LogP contribution < -0.4 is 5.32 Å². The van der Waals surface area contributed by atoms with Gasteiger partial charge in [0.25, 0.3) is 0 Å². The average molecular weight is 256 g/mol. The molecule has 1 aliphatic rings. The molecular weight excluding hydrogens is 232 g/mol. The lowest BCUT2D eigenvalue weighted by Gasteiger charge is -2.26. The summed E-state index contributed by atoms with van der Waals surface area (Å²) < 4.78 is 0. The minimum atomic E-state index is -0.923. The zero-order valence-corrected chi connectivity index (χ0v) is 11.3. The molecule has 2 N–H and O–H groups in total. The summed E-state index contributed by atoms with van der Waals surface area (Å²) in [5.74, 6) is -2.21. The molecule has 0 bridgehead atoms. The fourth-order valence-electron chi connectivity index (χ4n) is 2.12. The van der Waals surface area contributed by atoms with Crippen LogP contribution in [-0.2, 0) is 9.59 Å². The Hall–Kier alpha value is -1.10. The molecule has 5 heteroatoms. The van der Waals surface area contributed by atoms with E-state index < -0.39 is 17.8 Å². The minimum Gasteiger partial charge on any atom is -0.481 e. The monoisotopic (exact) mass is 256 g/mol. The van der Waals surface area contributed by atoms with Crippen LogP contribution in [0.2, 0.25) is 0 Å². The molecule has 0 aromatic carbocycles. The molecule has 18 heavy (non-hydrogen) atoms. The van der Waals surface area contributed by atoms with E-state index >= 15 is 0 Å². The number of carboxylic acids is 1. The molecule has 1 heterocycles. The fraction of sp³-hybridized carbons (Fsp3) is 0.846. The maximum atomic E-state index is 11.7. The molecule has 104 valence electrons. The quantitative estimate of drug-likeness (QED) is 0.742. The summed E-state index contributed by atoms with van der Waals surface area (Å²) in [5, 5.41) is 11.7. The lowest BCUT2D eigenvalue weighted by Crippen LogP contribution is -2.41. The highest BCUT2D eigenvalue weighted by Gasteiger charge is 2.25. The molecule has 2 atom stereocenters. The topological polar surface area (TPSA) is 69.6 Å². The summed E-state index contributed by atoms with van der Waals surface area (Å²) in [6, 6.07) is 0. The third kappa shape index (κ3) is 4.64. The second kappa shape index (κ2) is 7.36. The van der Waals surface area contributed by atoms with E-state index in [4.69, 9.17) is 5.11 Å². The molecule has 1 rings (SSSR count). The van der Waals surface area contributed by atoms with E-state index in [2.05, 4.69) is 10.2 Å². The largest absolute Gasteiger partial charge is 0.481 e. The number of nitrogens with zero attached hydrogens (tertiary/aromatic N) is 1. The van der Waals surface area contributed by atoms with Crippen LogP contribution in [0.25, 0.3) is 0 Å². The van der Waals surface area contributed by atoms with Crippen molar-refractivity contribution in [2.45, 2.75) is 33.1 Å². The first-order valence-electron chi connectivity index (χ1n) is 6.75. The van der Waals surface area contributed by atoms with Crippen molar-refractivity contribution in [1.82, 2.24) is 10.2 Å². The molecular formula is C13H24N2O3. The third-order valence-electron chi connectivity index (χ3n) is 3.73. The first kappa shape index (κ1) is 15.0. The van der Waals surface area contributed by atoms with Crippen molar-refractivity contribution in [1.29, 1.82) is 0 Å². The molecule has 1 aliphatic heterocycles. The summed E-state index contributed by atoms with van der Waals surface area (Å²) in [6.07, 6.45) is 3.77. The fourth-order valence-corrected chi connectivity index (χ4v) is 2.12. The van der Waals surface area contributed by atoms with Crippen molar-refractivity contribution in [3.8, 4) is 0 Å². The number of carboxylic acid groups (broad SMARTS) is 1. The number of piperidine rings is 1. The molecule has 0 aromatic heterocycles. The highest BCUT2D eigenvalue weighted by Crippen LogP contribution is 2.11. The number of carbonyl (C=O) groups is 2. The Kier molecular flexibility index (Phi) is 6.12. The predicted molar refractivity (Wildman–Crippen MR) is 69.3 cm³/mol. The van der Waals surface area contributed by atoms with E-state index in [1.807, 2.05) is 0 Å². The normalized spacial score (nSPS) is 20.1. The highest BCUT2D eigenvalue weighted by molar-refractivity contribution is 5.84. The molecule has 0 radical (unpaired) electrons. The maximum absolute atomic E-state index is 11.7. The Morgan fingerprint density at radius 2 is 1.78 bits per heavy atom. The molecule has 0 spiro atoms. The van der Waals surface area contributed by atoms with E-state index in [9.17, 15) is 9.59 Å². The number of hydrogen-bond acceptors (Lipinski definition) is 3. The van der Waals surface area contributed by atoms with Gasteiger partial charge in [-0.2, -0.15) is 0 Å². The number of carbonyl (C=O) groups excluding carboxylic acids is 1. The van der Waals surface area contributed by atoms with E-state index in [0.29, 0.717) is 6.54 Å². The van der Waals surface area contributed by atoms with Crippen LogP contribution in [0.3, 0.4) is 0 Å². The Bertz CT molecular complexity index is 288. The molecule has 1 amide bonds. The van der Waals surface area contributed by atoms with E-state index in [1.165, 1.54) is 19.3 Å². The minimum absolute atomic E-state index is 0.165. The van der Waals surface area contributed by atoms with Gasteiger partial charge >= 0.3 is 5.97 Å². The molecule has 0 aromatic rings. The van der Waals surface area contributed by atoms with Crippen LogP contribution in [0, 0.1) is 11.8 Å². The number of likely N-dealkylation sites (tertiary alicyclic amines) is 1. The van der Waals surface area contributed by atoms with Crippen LogP contribution in [0.4, 0.5) is 0 Å². The average Bonchev–Trinajstić information content (AvgIpc) is 2.38. The lowest BCUT2D eigenvalue weighted by atomic mass is 9.95. The van der Waals surface area contributed by atoms with Crippen molar-refractivity contribution in [3.63, 3.8) is 0 Å². The summed E-state index contributed by atoms with van der Waals surface area (Å²) in [4.78, 5) is 24.9. The van der Waals surface area contributed by atoms with Gasteiger partial charge in [-0.05, 0) is 25.9 Å². The molecule has 0 saturated carbocycles. The van der Waals surface area contributed by atoms with Gasteiger partial charge in [0.05, 0.1) is 5.92 Å². The SMILES string of the molecule is CC(C(=O)O)C(C)C(=O)NCCN1CCCCC1. The van der Waals surface area contributed by atoms with Gasteiger partial charge in [-0.15, -0.1) is 0 Å². The van der Waals surface area contributed by atoms with Crippen molar-refractivity contribution in [3.05, 3.63) is 0 Å². The second-order valence-electron chi connectivity index (χ2n) is 5.11. The lowest BCUT2D eigenvalue weighted by molar-refractivity contribution is -0.146. The zero-order chi connectivity index (χ0) is 13.5. The number of amides is 1. The van der Waals surface area contributed by atoms with Gasteiger partial charge in [0.15, 0.2) is 0 Å². The molecule has 5 nitrogen and oxygen atoms in total. The number of hydrogen-bond donors (Lipinski definition) is 2. The van der Waals surface area contributed by atoms with E-state index in [0.717, 1.165) is 19.6 Å². The molecule has 0 aliphatic carbocycles. The van der Waals surface area contributed by atoms with Crippen molar-refractivity contribution >= 4 is 11.9 Å². The third-order valence-corrected chi connectivity index (χ3v) is 3.73. The second-order valence-corrected chi connectivity index (χ2v) is 5.11. The van der Waals surface area contributed by atoms with Crippen LogP contribution in [0.1, 0.15) is 33.1 Å². The van der Waals surface area contributed by atoms with Crippen molar-refractivity contribution < 1.29 is 14.7 Å². The van der Waals surface area contributed by atoms with Crippen LogP contribution in [-0.4, -0.2) is 48.1 Å². The van der Waals surface area contributed by atoms with Gasteiger partial charge < -0.3 is 15.3 Å². The van der Waals surface area contributed by atoms with Gasteiger partial charge in [0.2, 0.25) is 5.91 Å². The van der Waals surface area contributed by atoms with Crippen molar-refractivity contribution in [2.75, 3.05) is 26.2 Å². The number of nitrogens with one attached hydrogen (secondary N) is 1. The summed E-state index contributed by atoms with van der Waals surface area (Å²) in [6.45, 7) is 6.91. The smallest absolute Gasteiger partial charge is 0.307 e. The maximum Gasteiger partial charge on any atom is 0.307 e. The number of rotatable bonds is 6. The van der Waals surface area contributed by atoms with Gasteiger partial charge in [0, 0.05) is 19.0 Å². The Morgan fingerprint density at radius 3 is 2.33 bits per heavy atom. The summed E-state index contributed by atoms with van der Waals surface area (Å²) >= 11 is 0. The van der Waals surface area contributed by atoms with Gasteiger partial charge in [0.1, 0.15) is 0 Å².